The molecule has 10 amide bonds. The molecule has 3 saturated heterocycles. The number of carbonyl (C=O) groups excluding carboxylic acids is 12. The van der Waals surface area contributed by atoms with Gasteiger partial charge in [0, 0.05) is 51.4 Å². The van der Waals surface area contributed by atoms with E-state index in [1.54, 1.807) is 41.5 Å². The Hall–Kier alpha value is -7.82. The van der Waals surface area contributed by atoms with E-state index in [2.05, 4.69) is 37.2 Å². The maximum atomic E-state index is 14.4. The second kappa shape index (κ2) is 39.2. The molecule has 3 aliphatic heterocycles. The van der Waals surface area contributed by atoms with Gasteiger partial charge in [-0.15, -0.1) is 0 Å². The smallest absolute Gasteiger partial charge is 0.329 e. The van der Waals surface area contributed by atoms with Crippen molar-refractivity contribution < 1.29 is 132 Å². The third kappa shape index (κ3) is 27.7. The van der Waals surface area contributed by atoms with Crippen LogP contribution in [0.25, 0.3) is 0 Å². The maximum absolute atomic E-state index is 14.4. The van der Waals surface area contributed by atoms with E-state index in [-0.39, 0.29) is 83.5 Å². The molecule has 0 spiro atoms. The number of aromatic hydroxyl groups is 1. The molecule has 3 aliphatic rings. The summed E-state index contributed by atoms with van der Waals surface area (Å²) in [6, 6.07) is -8.59. The Morgan fingerprint density at radius 3 is 1.70 bits per heavy atom. The van der Waals surface area contributed by atoms with Gasteiger partial charge in [0.15, 0.2) is 6.23 Å². The zero-order chi connectivity index (χ0) is 74.2. The Morgan fingerprint density at radius 1 is 0.606 bits per heavy atom. The third-order valence-electron chi connectivity index (χ3n) is 15.3. The van der Waals surface area contributed by atoms with Crippen molar-refractivity contribution in [1.29, 1.82) is 0 Å². The molecular formula is C62H98N10O27. The summed E-state index contributed by atoms with van der Waals surface area (Å²) < 4.78 is 32.1. The van der Waals surface area contributed by atoms with Crippen molar-refractivity contribution in [2.75, 3.05) is 79.0 Å². The second-order valence-corrected chi connectivity index (χ2v) is 26.1. The number of nitrogens with zero attached hydrogens (tertiary/aromatic N) is 2. The number of benzene rings is 1. The molecule has 0 bridgehead atoms. The molecule has 0 aromatic heterocycles. The van der Waals surface area contributed by atoms with Crippen molar-refractivity contribution in [2.45, 2.75) is 197 Å². The number of amides is 10. The Bertz CT molecular complexity index is 2910. The van der Waals surface area contributed by atoms with Crippen LogP contribution in [0.1, 0.15) is 106 Å². The van der Waals surface area contributed by atoms with Gasteiger partial charge in [-0.1, -0.05) is 19.1 Å². The van der Waals surface area contributed by atoms with Crippen molar-refractivity contribution in [3.05, 3.63) is 29.8 Å². The zero-order valence-electron chi connectivity index (χ0n) is 56.8. The molecule has 3 fully saturated rings. The van der Waals surface area contributed by atoms with Crippen molar-refractivity contribution in [3.63, 3.8) is 0 Å². The van der Waals surface area contributed by atoms with Crippen LogP contribution in [-0.4, -0.2) is 302 Å². The standard InChI is InChI=1S/C62H98N10O27/c1-31-27-72-49(50(31)83)57(90)70-55(88)40(77)25-38(53(86)67-46(32(2)73)58(91)71-28-36(76)24-39(71)54(87)69-48(56(89)68-47(33(3)74)59(72)92)52(85)51(84)34-10-12-35(75)13-11-34)66-44(81)30-97-23-21-95-19-17-64-43(80)29-96-22-20-94-18-16-63-41(78)15-14-37(60(93)99-62(7,8)9)65-42(79)26-45(82)98-61(4,5)6/h10-13,31-33,36-40,46-52,55,73-77,83-85,88H,14-30H2,1-9H3,(H,63,78)(H,64,80)(H,65,79)(H,66,81)(H,67,86)(H,68,89)(H,69,87)(H,70,90)/t31-,32+,33+,36+,37-,38-,39-,40+,46-,47-,48-,49-,50-,51-,52-,55+/m0/s1. The van der Waals surface area contributed by atoms with Crippen molar-refractivity contribution in [2.24, 2.45) is 5.92 Å². The molecule has 99 heavy (non-hydrogen) atoms. The number of phenolic OH excluding ortho intramolecular Hbond substituents is 1. The first-order chi connectivity index (χ1) is 46.3. The first-order valence-corrected chi connectivity index (χ1v) is 32.2. The molecule has 4 rings (SSSR count). The Balaban J connectivity index is 1.32. The molecule has 3 heterocycles. The van der Waals surface area contributed by atoms with Gasteiger partial charge in [0.2, 0.25) is 59.1 Å². The molecule has 0 unspecified atom stereocenters. The summed E-state index contributed by atoms with van der Waals surface area (Å²) in [4.78, 5) is 163. The highest BCUT2D eigenvalue weighted by molar-refractivity contribution is 5.99. The van der Waals surface area contributed by atoms with Gasteiger partial charge < -0.3 is 127 Å². The van der Waals surface area contributed by atoms with Crippen LogP contribution in [0.4, 0.5) is 0 Å². The lowest BCUT2D eigenvalue weighted by atomic mass is 9.96. The lowest BCUT2D eigenvalue weighted by Crippen LogP contribution is -2.64. The van der Waals surface area contributed by atoms with Crippen molar-refractivity contribution in [1.82, 2.24) is 52.3 Å². The fourth-order valence-electron chi connectivity index (χ4n) is 10.3. The summed E-state index contributed by atoms with van der Waals surface area (Å²) in [5, 5.41) is 118. The number of fused-ring (bicyclic) bond motifs is 2. The van der Waals surface area contributed by atoms with Gasteiger partial charge in [0.05, 0.1) is 64.1 Å². The number of carbonyl (C=O) groups is 12. The summed E-state index contributed by atoms with van der Waals surface area (Å²) >= 11 is 0. The quantitative estimate of drug-likeness (QED) is 0.0201. The summed E-state index contributed by atoms with van der Waals surface area (Å²) in [5.74, 6) is -13.3. The van der Waals surface area contributed by atoms with E-state index < -0.39 is 218 Å². The fraction of sp³-hybridized carbons (Fsp3) is 0.710. The zero-order valence-corrected chi connectivity index (χ0v) is 56.8. The molecule has 0 aliphatic carbocycles. The predicted octanol–water partition coefficient (Wildman–Crippen LogP) is -7.51. The first kappa shape index (κ1) is 83.6. The molecule has 1 aromatic carbocycles. The summed E-state index contributed by atoms with van der Waals surface area (Å²) in [5.41, 5.74) is -1.84. The summed E-state index contributed by atoms with van der Waals surface area (Å²) in [6.45, 7) is 10.9. The van der Waals surface area contributed by atoms with E-state index in [9.17, 15) is 103 Å². The molecular weight excluding hydrogens is 1320 g/mol. The number of aliphatic hydroxyl groups is 8. The number of aliphatic hydroxyl groups excluding tert-OH is 8. The topological polar surface area (TPSA) is 545 Å². The molecule has 0 saturated carbocycles. The van der Waals surface area contributed by atoms with Crippen LogP contribution in [0, 0.1) is 5.92 Å². The van der Waals surface area contributed by atoms with Gasteiger partial charge in [-0.2, -0.15) is 0 Å². The van der Waals surface area contributed by atoms with E-state index in [1.807, 2.05) is 5.32 Å². The predicted molar refractivity (Wildman–Crippen MR) is 338 cm³/mol. The highest BCUT2D eigenvalue weighted by Crippen LogP contribution is 2.28. The number of hydrogen-bond acceptors (Lipinski definition) is 27. The first-order valence-electron chi connectivity index (χ1n) is 32.2. The van der Waals surface area contributed by atoms with Crippen LogP contribution >= 0.6 is 0 Å². The number of rotatable bonds is 29. The van der Waals surface area contributed by atoms with Crippen LogP contribution in [0.3, 0.4) is 0 Å². The largest absolute Gasteiger partial charge is 0.508 e. The van der Waals surface area contributed by atoms with E-state index in [0.717, 1.165) is 35.8 Å². The number of hydrogen-bond donors (Lipinski definition) is 17. The van der Waals surface area contributed by atoms with Gasteiger partial charge in [-0.3, -0.25) is 52.7 Å². The Morgan fingerprint density at radius 2 is 1.13 bits per heavy atom. The average Bonchev–Trinajstić information content (AvgIpc) is 1.69. The molecule has 17 N–H and O–H groups in total. The number of phenols is 1. The van der Waals surface area contributed by atoms with E-state index in [0.29, 0.717) is 0 Å². The lowest BCUT2D eigenvalue weighted by Gasteiger charge is -2.34. The van der Waals surface area contributed by atoms with Crippen molar-refractivity contribution >= 4 is 71.0 Å². The van der Waals surface area contributed by atoms with E-state index >= 15 is 0 Å². The summed E-state index contributed by atoms with van der Waals surface area (Å²) in [7, 11) is 0. The normalized spacial score (nSPS) is 25.3. The number of nitrogens with one attached hydrogen (secondary N) is 8. The van der Waals surface area contributed by atoms with Crippen LogP contribution in [0.5, 0.6) is 5.75 Å². The van der Waals surface area contributed by atoms with Crippen LogP contribution < -0.4 is 42.5 Å². The minimum absolute atomic E-state index is 0.00359. The van der Waals surface area contributed by atoms with E-state index in [4.69, 9.17) is 28.4 Å². The number of ether oxygens (including phenoxy) is 6. The Labute approximate surface area is 571 Å². The number of esters is 2. The monoisotopic (exact) mass is 1410 g/mol. The van der Waals surface area contributed by atoms with Gasteiger partial charge in [-0.05, 0) is 79.5 Å². The average molecular weight is 1420 g/mol. The van der Waals surface area contributed by atoms with Gasteiger partial charge in [0.25, 0.3) is 0 Å². The van der Waals surface area contributed by atoms with Crippen LogP contribution in [0.15, 0.2) is 24.3 Å². The van der Waals surface area contributed by atoms with Gasteiger partial charge in [0.1, 0.15) is 97.2 Å². The molecule has 1 aromatic rings. The maximum Gasteiger partial charge on any atom is 0.329 e. The van der Waals surface area contributed by atoms with E-state index in [1.165, 1.54) is 19.1 Å². The molecule has 37 heteroatoms. The van der Waals surface area contributed by atoms with Crippen LogP contribution in [0.2, 0.25) is 0 Å². The molecule has 37 nitrogen and oxygen atoms in total. The lowest BCUT2D eigenvalue weighted by molar-refractivity contribution is -0.161. The van der Waals surface area contributed by atoms with Crippen LogP contribution in [-0.2, 0) is 86.0 Å². The van der Waals surface area contributed by atoms with Crippen molar-refractivity contribution in [3.8, 4) is 5.75 Å². The fourth-order valence-corrected chi connectivity index (χ4v) is 10.3. The Kier molecular flexibility index (Phi) is 33.1. The molecule has 558 valence electrons. The SMILES string of the molecule is C[C@@H](O)[C@@H]1NC(=O)[C@H]([C@H](O)[C@@H](O)c2ccc(O)cc2)NC(=O)[C@@H]2C[C@@H](O)CN2C(=O)[C@H]([C@@H](C)O)NC(=O)[C@@H](NC(=O)COCCOCCNC(=O)COCCOCCNC(=O)CC[C@H](NC(=O)CC(=O)OC(C)(C)C)C(=O)OC(C)(C)C)C[C@@H](O)[C@@H](O)NC(=O)[C@@H]2[C@@H](O)[C@@H](C)CN2C1=O. The highest BCUT2D eigenvalue weighted by atomic mass is 16.6. The van der Waals surface area contributed by atoms with Gasteiger partial charge in [-0.25, -0.2) is 4.79 Å². The second-order valence-electron chi connectivity index (χ2n) is 26.1. The minimum atomic E-state index is -2.35. The third-order valence-corrected chi connectivity index (χ3v) is 15.3. The molecule has 0 radical (unpaired) electrons. The summed E-state index contributed by atoms with van der Waals surface area (Å²) in [6.07, 6.45) is -18.2. The van der Waals surface area contributed by atoms with Gasteiger partial charge >= 0.3 is 11.9 Å². The minimum Gasteiger partial charge on any atom is -0.508 e. The molecule has 16 atom stereocenters. The highest BCUT2D eigenvalue weighted by Gasteiger charge is 2.50.